The van der Waals surface area contributed by atoms with Crippen LogP contribution in [0.3, 0.4) is 0 Å². The molecule has 1 N–H and O–H groups in total. The van der Waals surface area contributed by atoms with Crippen LogP contribution in [-0.2, 0) is 0 Å². The van der Waals surface area contributed by atoms with E-state index in [1.807, 2.05) is 27.0 Å². The van der Waals surface area contributed by atoms with Crippen LogP contribution in [0.15, 0.2) is 18.2 Å². The molecule has 2 heteroatoms. The van der Waals surface area contributed by atoms with Crippen molar-refractivity contribution in [2.24, 2.45) is 0 Å². The normalized spacial score (nSPS) is 8.87. The summed E-state index contributed by atoms with van der Waals surface area (Å²) in [6, 6.07) is 6.17. The van der Waals surface area contributed by atoms with Gasteiger partial charge in [0.2, 0.25) is 0 Å². The molecule has 1 rings (SSSR count). The van der Waals surface area contributed by atoms with Crippen molar-refractivity contribution in [3.63, 3.8) is 0 Å². The minimum Gasteiger partial charge on any atom is -0.491 e. The van der Waals surface area contributed by atoms with Crippen LogP contribution in [0.25, 0.3) is 0 Å². The number of rotatable bonds is 4. The highest BCUT2D eigenvalue weighted by Gasteiger charge is 2.00. The highest BCUT2D eigenvalue weighted by molar-refractivity contribution is 5.57. The minimum absolute atomic E-state index is 0.776. The molecule has 0 radical (unpaired) electrons. The maximum atomic E-state index is 5.60. The zero-order chi connectivity index (χ0) is 11.7. The lowest BCUT2D eigenvalue weighted by Crippen LogP contribution is -1.99. The van der Waals surface area contributed by atoms with Crippen LogP contribution in [-0.4, -0.2) is 13.7 Å². The summed E-state index contributed by atoms with van der Waals surface area (Å²) in [5.41, 5.74) is 2.28. The molecule has 0 aliphatic heterocycles. The van der Waals surface area contributed by atoms with Crippen molar-refractivity contribution >= 4 is 5.69 Å². The maximum absolute atomic E-state index is 5.60. The monoisotopic (exact) mass is 209 g/mol. The van der Waals surface area contributed by atoms with Gasteiger partial charge in [0, 0.05) is 7.05 Å². The van der Waals surface area contributed by atoms with Crippen LogP contribution in [0, 0.1) is 6.92 Å². The summed E-state index contributed by atoms with van der Waals surface area (Å²) < 4.78 is 5.60. The van der Waals surface area contributed by atoms with Gasteiger partial charge in [0.25, 0.3) is 0 Å². The fourth-order valence-electron chi connectivity index (χ4n) is 1.17. The molecule has 86 valence electrons. The summed E-state index contributed by atoms with van der Waals surface area (Å²) in [5.74, 6) is 0.948. The van der Waals surface area contributed by atoms with Gasteiger partial charge in [-0.3, -0.25) is 0 Å². The first-order chi connectivity index (χ1) is 7.27. The van der Waals surface area contributed by atoms with Crippen molar-refractivity contribution in [1.29, 1.82) is 0 Å². The lowest BCUT2D eigenvalue weighted by Gasteiger charge is -2.10. The van der Waals surface area contributed by atoms with Crippen LogP contribution in [0.5, 0.6) is 5.75 Å². The Labute approximate surface area is 93.7 Å². The third kappa shape index (κ3) is 4.73. The Morgan fingerprint density at radius 3 is 2.47 bits per heavy atom. The molecule has 1 aromatic carbocycles. The molecule has 0 aromatic heterocycles. The first kappa shape index (κ1) is 13.8. The quantitative estimate of drug-likeness (QED) is 0.813. The zero-order valence-corrected chi connectivity index (χ0v) is 10.6. The lowest BCUT2D eigenvalue weighted by molar-refractivity contribution is 0.319. The van der Waals surface area contributed by atoms with Gasteiger partial charge in [-0.15, -0.1) is 0 Å². The van der Waals surface area contributed by atoms with Gasteiger partial charge in [-0.2, -0.15) is 0 Å². The maximum Gasteiger partial charge on any atom is 0.142 e. The van der Waals surface area contributed by atoms with Gasteiger partial charge >= 0.3 is 0 Å². The van der Waals surface area contributed by atoms with E-state index in [1.54, 1.807) is 0 Å². The van der Waals surface area contributed by atoms with E-state index in [0.717, 1.165) is 24.5 Å². The van der Waals surface area contributed by atoms with Gasteiger partial charge in [-0.05, 0) is 31.0 Å². The molecular weight excluding hydrogens is 186 g/mol. The van der Waals surface area contributed by atoms with Gasteiger partial charge in [0.15, 0.2) is 0 Å². The predicted octanol–water partition coefficient (Wildman–Crippen LogP) is 3.85. The molecule has 0 heterocycles. The van der Waals surface area contributed by atoms with Crippen LogP contribution in [0.1, 0.15) is 32.8 Å². The fourth-order valence-corrected chi connectivity index (χ4v) is 1.17. The van der Waals surface area contributed by atoms with E-state index in [1.165, 1.54) is 5.56 Å². The SMILES string of the molecule is CC.CCCOc1cc(C)ccc1NC. The Bertz CT molecular complexity index is 271. The summed E-state index contributed by atoms with van der Waals surface area (Å²) >= 11 is 0. The third-order valence-electron chi connectivity index (χ3n) is 1.87. The Hall–Kier alpha value is -1.18. The van der Waals surface area contributed by atoms with Crippen LogP contribution < -0.4 is 10.1 Å². The van der Waals surface area contributed by atoms with Crippen molar-refractivity contribution in [1.82, 2.24) is 0 Å². The van der Waals surface area contributed by atoms with Gasteiger partial charge in [0.05, 0.1) is 12.3 Å². The number of ether oxygens (including phenoxy) is 1. The zero-order valence-electron chi connectivity index (χ0n) is 10.6. The van der Waals surface area contributed by atoms with Crippen molar-refractivity contribution in [3.05, 3.63) is 23.8 Å². The van der Waals surface area contributed by atoms with Crippen molar-refractivity contribution < 1.29 is 4.74 Å². The topological polar surface area (TPSA) is 21.3 Å². The highest BCUT2D eigenvalue weighted by Crippen LogP contribution is 2.25. The molecule has 0 fully saturated rings. The number of anilines is 1. The van der Waals surface area contributed by atoms with Crippen LogP contribution >= 0.6 is 0 Å². The molecule has 0 aliphatic rings. The summed E-state index contributed by atoms with van der Waals surface area (Å²) in [6.07, 6.45) is 1.04. The highest BCUT2D eigenvalue weighted by atomic mass is 16.5. The molecule has 0 unspecified atom stereocenters. The van der Waals surface area contributed by atoms with Crippen molar-refractivity contribution in [3.8, 4) is 5.75 Å². The number of benzene rings is 1. The molecule has 0 aliphatic carbocycles. The van der Waals surface area contributed by atoms with Gasteiger partial charge in [0.1, 0.15) is 5.75 Å². The number of hydrogen-bond donors (Lipinski definition) is 1. The summed E-state index contributed by atoms with van der Waals surface area (Å²) in [6.45, 7) is 8.95. The van der Waals surface area contributed by atoms with Crippen LogP contribution in [0.2, 0.25) is 0 Å². The average Bonchev–Trinajstić information content (AvgIpc) is 2.29. The second kappa shape index (κ2) is 8.16. The first-order valence-corrected chi connectivity index (χ1v) is 5.69. The van der Waals surface area contributed by atoms with E-state index in [9.17, 15) is 0 Å². The van der Waals surface area contributed by atoms with Crippen molar-refractivity contribution in [2.45, 2.75) is 34.1 Å². The second-order valence-electron chi connectivity index (χ2n) is 3.10. The smallest absolute Gasteiger partial charge is 0.142 e. The molecule has 0 spiro atoms. The fraction of sp³-hybridized carbons (Fsp3) is 0.538. The van der Waals surface area contributed by atoms with E-state index in [-0.39, 0.29) is 0 Å². The Kier molecular flexibility index (Phi) is 7.51. The standard InChI is InChI=1S/C11H17NO.C2H6/c1-4-7-13-11-8-9(2)5-6-10(11)12-3;1-2/h5-6,8,12H,4,7H2,1-3H3;1-2H3. The molecule has 15 heavy (non-hydrogen) atoms. The lowest BCUT2D eigenvalue weighted by atomic mass is 10.2. The Morgan fingerprint density at radius 1 is 1.27 bits per heavy atom. The summed E-state index contributed by atoms with van der Waals surface area (Å²) in [4.78, 5) is 0. The van der Waals surface area contributed by atoms with E-state index in [0.29, 0.717) is 0 Å². The molecule has 0 saturated heterocycles. The van der Waals surface area contributed by atoms with Gasteiger partial charge in [-0.25, -0.2) is 0 Å². The molecule has 0 bridgehead atoms. The summed E-state index contributed by atoms with van der Waals surface area (Å²) in [7, 11) is 1.91. The molecule has 0 amide bonds. The van der Waals surface area contributed by atoms with Crippen molar-refractivity contribution in [2.75, 3.05) is 19.0 Å². The van der Waals surface area contributed by atoms with E-state index < -0.39 is 0 Å². The van der Waals surface area contributed by atoms with Gasteiger partial charge < -0.3 is 10.1 Å². The predicted molar refractivity (Wildman–Crippen MR) is 67.9 cm³/mol. The van der Waals surface area contributed by atoms with E-state index >= 15 is 0 Å². The Morgan fingerprint density at radius 2 is 1.93 bits per heavy atom. The Balaban J connectivity index is 0.000000921. The van der Waals surface area contributed by atoms with Gasteiger partial charge in [-0.1, -0.05) is 26.8 Å². The molecule has 0 saturated carbocycles. The molecule has 2 nitrogen and oxygen atoms in total. The molecular formula is C13H23NO. The first-order valence-electron chi connectivity index (χ1n) is 5.69. The second-order valence-corrected chi connectivity index (χ2v) is 3.10. The molecule has 1 aromatic rings. The van der Waals surface area contributed by atoms with E-state index in [4.69, 9.17) is 4.74 Å². The average molecular weight is 209 g/mol. The number of aryl methyl sites for hydroxylation is 1. The largest absolute Gasteiger partial charge is 0.491 e. The molecule has 0 atom stereocenters. The van der Waals surface area contributed by atoms with Crippen LogP contribution in [0.4, 0.5) is 5.69 Å². The third-order valence-corrected chi connectivity index (χ3v) is 1.87. The number of hydrogen-bond acceptors (Lipinski definition) is 2. The van der Waals surface area contributed by atoms with E-state index in [2.05, 4.69) is 31.3 Å². The number of nitrogens with one attached hydrogen (secondary N) is 1. The minimum atomic E-state index is 0.776. The summed E-state index contributed by atoms with van der Waals surface area (Å²) in [5, 5.41) is 3.11.